The van der Waals surface area contributed by atoms with Gasteiger partial charge in [-0.25, -0.2) is 4.39 Å². The van der Waals surface area contributed by atoms with Crippen LogP contribution >= 0.6 is 0 Å². The van der Waals surface area contributed by atoms with Gasteiger partial charge in [0.15, 0.2) is 0 Å². The topological polar surface area (TPSA) is 38.9 Å². The van der Waals surface area contributed by atoms with Crippen molar-refractivity contribution < 1.29 is 4.39 Å². The van der Waals surface area contributed by atoms with Crippen LogP contribution in [0.3, 0.4) is 0 Å². The van der Waals surface area contributed by atoms with Crippen LogP contribution in [0.1, 0.15) is 35.6 Å². The number of fused-ring (bicyclic) bond motifs is 1. The van der Waals surface area contributed by atoms with E-state index < -0.39 is 0 Å². The first-order valence-electron chi connectivity index (χ1n) is 6.25. The normalized spacial score (nSPS) is 18.4. The second-order valence-electron chi connectivity index (χ2n) is 4.74. The second kappa shape index (κ2) is 4.41. The molecule has 92 valence electrons. The molecule has 0 saturated carbocycles. The van der Waals surface area contributed by atoms with Crippen LogP contribution in [0.5, 0.6) is 0 Å². The first-order valence-corrected chi connectivity index (χ1v) is 6.25. The van der Waals surface area contributed by atoms with Crippen LogP contribution in [0.2, 0.25) is 0 Å². The number of nitrogens with two attached hydrogens (primary N) is 1. The van der Waals surface area contributed by atoms with Crippen molar-refractivity contribution in [2.45, 2.75) is 25.2 Å². The molecule has 0 radical (unpaired) electrons. The highest BCUT2D eigenvalue weighted by Crippen LogP contribution is 2.38. The Hall–Kier alpha value is -1.90. The number of hydrogen-bond acceptors (Lipinski definition) is 2. The van der Waals surface area contributed by atoms with Gasteiger partial charge in [0.2, 0.25) is 0 Å². The van der Waals surface area contributed by atoms with Crippen LogP contribution in [-0.4, -0.2) is 4.98 Å². The number of hydrogen-bond donors (Lipinski definition) is 1. The van der Waals surface area contributed by atoms with E-state index in [0.29, 0.717) is 0 Å². The average molecular weight is 242 g/mol. The Morgan fingerprint density at radius 1 is 1.22 bits per heavy atom. The molecule has 0 saturated heterocycles. The van der Waals surface area contributed by atoms with Gasteiger partial charge in [0.05, 0.1) is 11.4 Å². The van der Waals surface area contributed by atoms with Crippen molar-refractivity contribution in [3.05, 3.63) is 59.2 Å². The number of nitrogen functional groups attached to an aromatic ring is 1. The van der Waals surface area contributed by atoms with Gasteiger partial charge in [-0.3, -0.25) is 4.98 Å². The van der Waals surface area contributed by atoms with Gasteiger partial charge in [-0.2, -0.15) is 0 Å². The fourth-order valence-electron chi connectivity index (χ4n) is 2.77. The Bertz CT molecular complexity index is 580. The van der Waals surface area contributed by atoms with Crippen LogP contribution in [0, 0.1) is 5.82 Å². The molecule has 0 aliphatic heterocycles. The summed E-state index contributed by atoms with van der Waals surface area (Å²) in [5, 5.41) is 0. The molecule has 2 N–H and O–H groups in total. The third kappa shape index (κ3) is 1.76. The standard InChI is InChI=1S/C15H15FN2/c16-13-8-2-6-11(14(13)17)12-7-1-4-10-5-3-9-18-15(10)12/h2-3,5-6,8-9,12H,1,4,7,17H2. The average Bonchev–Trinajstić information content (AvgIpc) is 2.41. The predicted molar refractivity (Wildman–Crippen MR) is 69.8 cm³/mol. The van der Waals surface area contributed by atoms with E-state index in [1.54, 1.807) is 12.3 Å². The molecule has 18 heavy (non-hydrogen) atoms. The summed E-state index contributed by atoms with van der Waals surface area (Å²) in [6.07, 6.45) is 4.93. The largest absolute Gasteiger partial charge is 0.396 e. The summed E-state index contributed by atoms with van der Waals surface area (Å²) in [7, 11) is 0. The van der Waals surface area contributed by atoms with Crippen molar-refractivity contribution in [2.75, 3.05) is 5.73 Å². The van der Waals surface area contributed by atoms with Gasteiger partial charge in [-0.15, -0.1) is 0 Å². The van der Waals surface area contributed by atoms with Gasteiger partial charge in [0.25, 0.3) is 0 Å². The molecule has 0 spiro atoms. The van der Waals surface area contributed by atoms with E-state index in [9.17, 15) is 4.39 Å². The molecule has 1 aromatic carbocycles. The zero-order valence-electron chi connectivity index (χ0n) is 10.1. The van der Waals surface area contributed by atoms with Crippen molar-refractivity contribution in [1.29, 1.82) is 0 Å². The molecule has 1 aliphatic carbocycles. The van der Waals surface area contributed by atoms with Crippen LogP contribution < -0.4 is 5.73 Å². The van der Waals surface area contributed by atoms with Gasteiger partial charge >= 0.3 is 0 Å². The first-order chi connectivity index (χ1) is 8.77. The molecule has 2 aromatic rings. The maximum absolute atomic E-state index is 13.6. The minimum Gasteiger partial charge on any atom is -0.396 e. The minimum absolute atomic E-state index is 0.130. The van der Waals surface area contributed by atoms with Crippen molar-refractivity contribution in [1.82, 2.24) is 4.98 Å². The van der Waals surface area contributed by atoms with Gasteiger partial charge in [0.1, 0.15) is 5.82 Å². The van der Waals surface area contributed by atoms with E-state index in [1.165, 1.54) is 11.6 Å². The maximum Gasteiger partial charge on any atom is 0.146 e. The molecule has 1 aromatic heterocycles. The molecule has 3 rings (SSSR count). The number of rotatable bonds is 1. The molecule has 0 fully saturated rings. The molecule has 3 heteroatoms. The summed E-state index contributed by atoms with van der Waals surface area (Å²) in [5.41, 5.74) is 9.32. The highest BCUT2D eigenvalue weighted by molar-refractivity contribution is 5.53. The zero-order valence-corrected chi connectivity index (χ0v) is 10.1. The Labute approximate surface area is 106 Å². The monoisotopic (exact) mass is 242 g/mol. The number of aromatic nitrogens is 1. The molecule has 2 nitrogen and oxygen atoms in total. The molecular weight excluding hydrogens is 227 g/mol. The lowest BCUT2D eigenvalue weighted by Crippen LogP contribution is -2.14. The van der Waals surface area contributed by atoms with Crippen LogP contribution in [0.25, 0.3) is 0 Å². The van der Waals surface area contributed by atoms with E-state index in [0.717, 1.165) is 30.5 Å². The number of pyridine rings is 1. The number of benzene rings is 1. The number of halogens is 1. The fraction of sp³-hybridized carbons (Fsp3) is 0.267. The highest BCUT2D eigenvalue weighted by Gasteiger charge is 2.25. The number of anilines is 1. The van der Waals surface area contributed by atoms with E-state index in [-0.39, 0.29) is 17.4 Å². The van der Waals surface area contributed by atoms with Gasteiger partial charge in [0, 0.05) is 12.1 Å². The molecule has 1 unspecified atom stereocenters. The van der Waals surface area contributed by atoms with E-state index >= 15 is 0 Å². The Kier molecular flexibility index (Phi) is 2.74. The second-order valence-corrected chi connectivity index (χ2v) is 4.74. The summed E-state index contributed by atoms with van der Waals surface area (Å²) < 4.78 is 13.6. The predicted octanol–water partition coefficient (Wildman–Crippen LogP) is 3.27. The SMILES string of the molecule is Nc1c(F)cccc1C1CCCc2cccnc21. The van der Waals surface area contributed by atoms with Gasteiger partial charge in [-0.05, 0) is 42.5 Å². The molecular formula is C15H15FN2. The van der Waals surface area contributed by atoms with E-state index in [4.69, 9.17) is 5.73 Å². The smallest absolute Gasteiger partial charge is 0.146 e. The number of nitrogens with zero attached hydrogens (tertiary/aromatic N) is 1. The van der Waals surface area contributed by atoms with Crippen molar-refractivity contribution in [2.24, 2.45) is 0 Å². The van der Waals surface area contributed by atoms with Gasteiger partial charge in [-0.1, -0.05) is 18.2 Å². The van der Waals surface area contributed by atoms with Crippen LogP contribution in [-0.2, 0) is 6.42 Å². The summed E-state index contributed by atoms with van der Waals surface area (Å²) in [6.45, 7) is 0. The van der Waals surface area contributed by atoms with Crippen LogP contribution in [0.4, 0.5) is 10.1 Å². The lowest BCUT2D eigenvalue weighted by Gasteiger charge is -2.25. The molecule has 1 heterocycles. The van der Waals surface area contributed by atoms with Crippen molar-refractivity contribution in [3.8, 4) is 0 Å². The lowest BCUT2D eigenvalue weighted by molar-refractivity contribution is 0.590. The Morgan fingerprint density at radius 2 is 2.11 bits per heavy atom. The quantitative estimate of drug-likeness (QED) is 0.779. The molecule has 0 bridgehead atoms. The number of aryl methyl sites for hydroxylation is 1. The summed E-state index contributed by atoms with van der Waals surface area (Å²) in [6, 6.07) is 9.09. The van der Waals surface area contributed by atoms with Crippen LogP contribution in [0.15, 0.2) is 36.5 Å². The fourth-order valence-corrected chi connectivity index (χ4v) is 2.77. The number of para-hydroxylation sites is 1. The highest BCUT2D eigenvalue weighted by atomic mass is 19.1. The molecule has 1 aliphatic rings. The van der Waals surface area contributed by atoms with Crippen molar-refractivity contribution >= 4 is 5.69 Å². The third-order valence-electron chi connectivity index (χ3n) is 3.66. The molecule has 0 amide bonds. The van der Waals surface area contributed by atoms with E-state index in [2.05, 4.69) is 11.1 Å². The van der Waals surface area contributed by atoms with Crippen molar-refractivity contribution in [3.63, 3.8) is 0 Å². The first kappa shape index (κ1) is 11.2. The Balaban J connectivity index is 2.11. The molecule has 1 atom stereocenters. The van der Waals surface area contributed by atoms with E-state index in [1.807, 2.05) is 12.1 Å². The minimum atomic E-state index is -0.337. The summed E-state index contributed by atoms with van der Waals surface area (Å²) in [4.78, 5) is 4.47. The zero-order chi connectivity index (χ0) is 12.5. The lowest BCUT2D eigenvalue weighted by atomic mass is 9.81. The maximum atomic E-state index is 13.6. The third-order valence-corrected chi connectivity index (χ3v) is 3.66. The summed E-state index contributed by atoms with van der Waals surface area (Å²) >= 11 is 0. The Morgan fingerprint density at radius 3 is 3.00 bits per heavy atom. The van der Waals surface area contributed by atoms with Gasteiger partial charge < -0.3 is 5.73 Å². The summed E-state index contributed by atoms with van der Waals surface area (Å²) in [5.74, 6) is -0.207.